The van der Waals surface area contributed by atoms with Gasteiger partial charge in [0.15, 0.2) is 5.65 Å². The van der Waals surface area contributed by atoms with Crippen LogP contribution >= 0.6 is 11.6 Å². The van der Waals surface area contributed by atoms with E-state index in [9.17, 15) is 9.90 Å². The fourth-order valence-electron chi connectivity index (χ4n) is 3.21. The van der Waals surface area contributed by atoms with Gasteiger partial charge in [0.05, 0.1) is 24.0 Å². The third-order valence-corrected chi connectivity index (χ3v) is 5.01. The zero-order valence-electron chi connectivity index (χ0n) is 15.3. The molecule has 29 heavy (non-hydrogen) atoms. The molecule has 3 heterocycles. The van der Waals surface area contributed by atoms with Crippen LogP contribution in [0.15, 0.2) is 42.1 Å². The zero-order valence-corrected chi connectivity index (χ0v) is 16.1. The number of anilines is 1. The SMILES string of the molecule is O=C1C/C(=C\c2cnc3c(NC4CC4)cc(Oc4cccc(Cl)c4)nn23)C(O)N1. The number of halogens is 1. The van der Waals surface area contributed by atoms with Crippen LogP contribution in [0, 0.1) is 0 Å². The Morgan fingerprint density at radius 1 is 1.34 bits per heavy atom. The van der Waals surface area contributed by atoms with E-state index in [-0.39, 0.29) is 12.3 Å². The maximum absolute atomic E-state index is 11.5. The lowest BCUT2D eigenvalue weighted by Crippen LogP contribution is -2.25. The van der Waals surface area contributed by atoms with E-state index >= 15 is 0 Å². The number of carbonyl (C=O) groups is 1. The van der Waals surface area contributed by atoms with E-state index in [0.717, 1.165) is 18.5 Å². The smallest absolute Gasteiger partial charge is 0.239 e. The first-order valence-corrected chi connectivity index (χ1v) is 9.69. The van der Waals surface area contributed by atoms with Crippen LogP contribution in [0.4, 0.5) is 5.69 Å². The van der Waals surface area contributed by atoms with Gasteiger partial charge in [-0.1, -0.05) is 17.7 Å². The number of nitrogens with one attached hydrogen (secondary N) is 2. The average molecular weight is 412 g/mol. The molecule has 3 N–H and O–H groups in total. The summed E-state index contributed by atoms with van der Waals surface area (Å²) >= 11 is 6.05. The summed E-state index contributed by atoms with van der Waals surface area (Å²) in [7, 11) is 0. The summed E-state index contributed by atoms with van der Waals surface area (Å²) in [5.41, 5.74) is 2.66. The first kappa shape index (κ1) is 18.0. The lowest BCUT2D eigenvalue weighted by molar-refractivity contribution is -0.120. The van der Waals surface area contributed by atoms with Crippen LogP contribution in [0.5, 0.6) is 11.6 Å². The Morgan fingerprint density at radius 2 is 2.21 bits per heavy atom. The van der Waals surface area contributed by atoms with Crippen molar-refractivity contribution >= 4 is 34.9 Å². The first-order valence-electron chi connectivity index (χ1n) is 9.32. The van der Waals surface area contributed by atoms with Crippen LogP contribution in [-0.2, 0) is 4.79 Å². The Hall–Kier alpha value is -3.10. The van der Waals surface area contributed by atoms with Crippen molar-refractivity contribution < 1.29 is 14.6 Å². The maximum Gasteiger partial charge on any atom is 0.239 e. The minimum absolute atomic E-state index is 0.139. The molecule has 1 saturated carbocycles. The van der Waals surface area contributed by atoms with E-state index in [0.29, 0.717) is 39.6 Å². The Bertz CT molecular complexity index is 1140. The van der Waals surface area contributed by atoms with Crippen molar-refractivity contribution in [2.45, 2.75) is 31.5 Å². The van der Waals surface area contributed by atoms with Crippen LogP contribution in [0.1, 0.15) is 25.0 Å². The number of aromatic nitrogens is 3. The molecule has 148 valence electrons. The maximum atomic E-state index is 11.5. The van der Waals surface area contributed by atoms with E-state index in [1.54, 1.807) is 41.1 Å². The van der Waals surface area contributed by atoms with Gasteiger partial charge in [0.2, 0.25) is 11.8 Å². The molecule has 8 nitrogen and oxygen atoms in total. The number of carbonyl (C=O) groups excluding carboxylic acids is 1. The fraction of sp³-hybridized carbons (Fsp3) is 0.250. The average Bonchev–Trinajstić information content (AvgIpc) is 3.31. The molecular formula is C20H18ClN5O3. The summed E-state index contributed by atoms with van der Waals surface area (Å²) in [6, 6.07) is 9.32. The van der Waals surface area contributed by atoms with Gasteiger partial charge in [-0.3, -0.25) is 4.79 Å². The van der Waals surface area contributed by atoms with E-state index in [4.69, 9.17) is 16.3 Å². The van der Waals surface area contributed by atoms with Gasteiger partial charge in [-0.2, -0.15) is 0 Å². The summed E-state index contributed by atoms with van der Waals surface area (Å²) in [5.74, 6) is 0.732. The molecular weight excluding hydrogens is 394 g/mol. The minimum atomic E-state index is -0.997. The molecule has 3 aromatic rings. The molecule has 1 amide bonds. The number of hydrogen-bond acceptors (Lipinski definition) is 6. The van der Waals surface area contributed by atoms with Gasteiger partial charge in [0.25, 0.3) is 0 Å². The third-order valence-electron chi connectivity index (χ3n) is 4.77. The highest BCUT2D eigenvalue weighted by Gasteiger charge is 2.26. The number of rotatable bonds is 5. The molecule has 1 aromatic carbocycles. The third kappa shape index (κ3) is 3.76. The van der Waals surface area contributed by atoms with Crippen LogP contribution in [0.3, 0.4) is 0 Å². The van der Waals surface area contributed by atoms with E-state index in [2.05, 4.69) is 20.7 Å². The summed E-state index contributed by atoms with van der Waals surface area (Å²) in [5, 5.41) is 21.0. The number of aliphatic hydroxyl groups is 1. The molecule has 0 bridgehead atoms. The molecule has 1 atom stereocenters. The Labute approximate surface area is 171 Å². The van der Waals surface area contributed by atoms with Crippen molar-refractivity contribution in [1.82, 2.24) is 19.9 Å². The van der Waals surface area contributed by atoms with Crippen LogP contribution < -0.4 is 15.4 Å². The van der Waals surface area contributed by atoms with E-state index < -0.39 is 6.23 Å². The Morgan fingerprint density at radius 3 is 2.93 bits per heavy atom. The molecule has 0 radical (unpaired) electrons. The highest BCUT2D eigenvalue weighted by Crippen LogP contribution is 2.31. The van der Waals surface area contributed by atoms with Gasteiger partial charge in [-0.15, -0.1) is 5.10 Å². The van der Waals surface area contributed by atoms with Gasteiger partial charge in [-0.05, 0) is 42.7 Å². The highest BCUT2D eigenvalue weighted by molar-refractivity contribution is 6.30. The van der Waals surface area contributed by atoms with Gasteiger partial charge in [0.1, 0.15) is 12.0 Å². The second kappa shape index (κ2) is 7.06. The molecule has 5 rings (SSSR count). The second-order valence-corrected chi connectivity index (χ2v) is 7.60. The van der Waals surface area contributed by atoms with Gasteiger partial charge in [-0.25, -0.2) is 9.50 Å². The standard InChI is InChI=1S/C20H18ClN5O3/c21-12-2-1-3-15(8-12)29-18-9-16(23-13-4-5-13)19-22-10-14(26(19)25-18)6-11-7-17(27)24-20(11)28/h1-3,6,8-10,13,20,23,28H,4-5,7H2,(H,24,27)/b11-6+. The quantitative estimate of drug-likeness (QED) is 0.596. The summed E-state index contributed by atoms with van der Waals surface area (Å²) in [6.45, 7) is 0. The number of aliphatic hydroxyl groups excluding tert-OH is 1. The molecule has 2 aromatic heterocycles. The lowest BCUT2D eigenvalue weighted by atomic mass is 10.2. The van der Waals surface area contributed by atoms with Crippen LogP contribution in [0.2, 0.25) is 5.02 Å². The molecule has 2 fully saturated rings. The Kier molecular flexibility index (Phi) is 4.37. The number of fused-ring (bicyclic) bond motifs is 1. The molecule has 1 unspecified atom stereocenters. The first-order chi connectivity index (χ1) is 14.0. The molecule has 9 heteroatoms. The normalized spacial score (nSPS) is 20.3. The van der Waals surface area contributed by atoms with Crippen molar-refractivity contribution in [1.29, 1.82) is 0 Å². The van der Waals surface area contributed by atoms with E-state index in [1.807, 2.05) is 6.07 Å². The monoisotopic (exact) mass is 411 g/mol. The summed E-state index contributed by atoms with van der Waals surface area (Å²) in [4.78, 5) is 16.0. The summed E-state index contributed by atoms with van der Waals surface area (Å²) < 4.78 is 7.57. The molecule has 1 aliphatic heterocycles. The van der Waals surface area contributed by atoms with Crippen LogP contribution in [0.25, 0.3) is 11.7 Å². The highest BCUT2D eigenvalue weighted by atomic mass is 35.5. The van der Waals surface area contributed by atoms with Crippen molar-refractivity contribution in [2.75, 3.05) is 5.32 Å². The molecule has 2 aliphatic rings. The molecule has 1 saturated heterocycles. The zero-order chi connectivity index (χ0) is 20.0. The lowest BCUT2D eigenvalue weighted by Gasteiger charge is -2.11. The van der Waals surface area contributed by atoms with Crippen LogP contribution in [-0.4, -0.2) is 37.9 Å². The number of ether oxygens (including phenoxy) is 1. The number of imidazole rings is 1. The topological polar surface area (TPSA) is 101 Å². The second-order valence-electron chi connectivity index (χ2n) is 7.16. The Balaban J connectivity index is 1.57. The van der Waals surface area contributed by atoms with Gasteiger partial charge < -0.3 is 20.5 Å². The van der Waals surface area contributed by atoms with Crippen molar-refractivity contribution in [3.05, 3.63) is 52.8 Å². The van der Waals surface area contributed by atoms with Crippen molar-refractivity contribution in [3.8, 4) is 11.6 Å². The number of amides is 1. The van der Waals surface area contributed by atoms with Crippen molar-refractivity contribution in [2.24, 2.45) is 0 Å². The largest absolute Gasteiger partial charge is 0.437 e. The fourth-order valence-corrected chi connectivity index (χ4v) is 3.39. The molecule has 1 aliphatic carbocycles. The minimum Gasteiger partial charge on any atom is -0.437 e. The predicted molar refractivity (Wildman–Crippen MR) is 108 cm³/mol. The van der Waals surface area contributed by atoms with Gasteiger partial charge in [0, 0.05) is 17.1 Å². The summed E-state index contributed by atoms with van der Waals surface area (Å²) in [6.07, 6.45) is 4.74. The van der Waals surface area contributed by atoms with Crippen molar-refractivity contribution in [3.63, 3.8) is 0 Å². The predicted octanol–water partition coefficient (Wildman–Crippen LogP) is 2.97. The number of benzene rings is 1. The van der Waals surface area contributed by atoms with Gasteiger partial charge >= 0.3 is 0 Å². The number of nitrogens with zero attached hydrogens (tertiary/aromatic N) is 3. The number of hydrogen-bond donors (Lipinski definition) is 3. The van der Waals surface area contributed by atoms with E-state index in [1.165, 1.54) is 0 Å². The molecule has 0 spiro atoms.